The van der Waals surface area contributed by atoms with Crippen LogP contribution in [0.3, 0.4) is 0 Å². The van der Waals surface area contributed by atoms with Crippen LogP contribution in [0.25, 0.3) is 0 Å². The molecular weight excluding hydrogens is 288 g/mol. The zero-order chi connectivity index (χ0) is 15.6. The Hall–Kier alpha value is -0.436. The standard InChI is InChI=1S/C14H30O4Si2/c1-7-14(15)17-12-8-10-16-11-9-13-20(5,6)18-19(2,3)4/h7H,1,8-13H2,2-6H3. The third-order valence-electron chi connectivity index (χ3n) is 2.49. The van der Waals surface area contributed by atoms with E-state index in [-0.39, 0.29) is 5.97 Å². The van der Waals surface area contributed by atoms with Gasteiger partial charge in [-0.15, -0.1) is 0 Å². The highest BCUT2D eigenvalue weighted by Gasteiger charge is 2.28. The first-order valence-corrected chi connectivity index (χ1v) is 13.8. The molecule has 0 rings (SSSR count). The molecular formula is C14H30O4Si2. The van der Waals surface area contributed by atoms with Gasteiger partial charge in [0.15, 0.2) is 16.6 Å². The van der Waals surface area contributed by atoms with Gasteiger partial charge in [0.2, 0.25) is 0 Å². The van der Waals surface area contributed by atoms with Crippen LogP contribution in [0.2, 0.25) is 38.8 Å². The maximum Gasteiger partial charge on any atom is 0.330 e. The molecule has 0 aromatic rings. The highest BCUT2D eigenvalue weighted by atomic mass is 28.4. The van der Waals surface area contributed by atoms with E-state index in [4.69, 9.17) is 13.6 Å². The summed E-state index contributed by atoms with van der Waals surface area (Å²) < 4.78 is 16.7. The van der Waals surface area contributed by atoms with E-state index in [9.17, 15) is 4.79 Å². The van der Waals surface area contributed by atoms with Crippen LogP contribution in [0.4, 0.5) is 0 Å². The van der Waals surface area contributed by atoms with Gasteiger partial charge in [-0.2, -0.15) is 0 Å². The number of esters is 1. The second kappa shape index (κ2) is 9.49. The lowest BCUT2D eigenvalue weighted by Gasteiger charge is -2.31. The molecule has 0 N–H and O–H groups in total. The first kappa shape index (κ1) is 19.6. The summed E-state index contributed by atoms with van der Waals surface area (Å²) in [4.78, 5) is 10.8. The van der Waals surface area contributed by atoms with Gasteiger partial charge >= 0.3 is 5.97 Å². The molecule has 0 radical (unpaired) electrons. The number of carbonyl (C=O) groups excluding carboxylic acids is 1. The fraction of sp³-hybridized carbons (Fsp3) is 0.786. The molecule has 0 aliphatic carbocycles. The van der Waals surface area contributed by atoms with Gasteiger partial charge in [-0.05, 0) is 45.2 Å². The zero-order valence-corrected chi connectivity index (χ0v) is 15.7. The Morgan fingerprint density at radius 2 is 1.65 bits per heavy atom. The maximum atomic E-state index is 10.8. The predicted molar refractivity (Wildman–Crippen MR) is 87.9 cm³/mol. The minimum absolute atomic E-state index is 0.374. The van der Waals surface area contributed by atoms with Crippen molar-refractivity contribution in [3.63, 3.8) is 0 Å². The van der Waals surface area contributed by atoms with Crippen LogP contribution in [0, 0.1) is 0 Å². The van der Waals surface area contributed by atoms with E-state index in [2.05, 4.69) is 39.3 Å². The molecule has 0 saturated heterocycles. The minimum Gasteiger partial charge on any atom is -0.462 e. The molecule has 0 aliphatic heterocycles. The van der Waals surface area contributed by atoms with Gasteiger partial charge in [0.1, 0.15) is 0 Å². The van der Waals surface area contributed by atoms with Gasteiger partial charge in [0.05, 0.1) is 6.61 Å². The van der Waals surface area contributed by atoms with Crippen LogP contribution < -0.4 is 0 Å². The highest BCUT2D eigenvalue weighted by Crippen LogP contribution is 2.19. The molecule has 0 bridgehead atoms. The Balaban J connectivity index is 3.52. The lowest BCUT2D eigenvalue weighted by atomic mass is 10.5. The van der Waals surface area contributed by atoms with E-state index in [0.29, 0.717) is 13.2 Å². The second-order valence-corrected chi connectivity index (χ2v) is 15.5. The van der Waals surface area contributed by atoms with E-state index in [1.807, 2.05) is 0 Å². The van der Waals surface area contributed by atoms with E-state index < -0.39 is 16.6 Å². The normalized spacial score (nSPS) is 12.2. The van der Waals surface area contributed by atoms with Gasteiger partial charge in [-0.1, -0.05) is 6.58 Å². The van der Waals surface area contributed by atoms with Gasteiger partial charge in [-0.25, -0.2) is 4.79 Å². The third-order valence-corrected chi connectivity index (χ3v) is 8.71. The van der Waals surface area contributed by atoms with Crippen molar-refractivity contribution >= 4 is 22.6 Å². The zero-order valence-electron chi connectivity index (χ0n) is 13.7. The Kier molecular flexibility index (Phi) is 9.28. The second-order valence-electron chi connectivity index (χ2n) is 6.42. The van der Waals surface area contributed by atoms with Crippen LogP contribution in [-0.4, -0.2) is 42.4 Å². The summed E-state index contributed by atoms with van der Waals surface area (Å²) in [6, 6.07) is 1.13. The summed E-state index contributed by atoms with van der Waals surface area (Å²) in [7, 11) is -2.96. The molecule has 6 heteroatoms. The average Bonchev–Trinajstić information content (AvgIpc) is 2.28. The molecule has 0 spiro atoms. The SMILES string of the molecule is C=CC(=O)OCCCOCCC[Si](C)(C)O[Si](C)(C)C. The van der Waals surface area contributed by atoms with E-state index in [1.54, 1.807) is 0 Å². The monoisotopic (exact) mass is 318 g/mol. The Labute approximate surface area is 125 Å². The maximum absolute atomic E-state index is 10.8. The first-order valence-electron chi connectivity index (χ1n) is 7.23. The molecule has 0 heterocycles. The molecule has 0 fully saturated rings. The molecule has 0 saturated carbocycles. The summed E-state index contributed by atoms with van der Waals surface area (Å²) in [6.45, 7) is 16.4. The van der Waals surface area contributed by atoms with Crippen molar-refractivity contribution in [3.05, 3.63) is 12.7 Å². The van der Waals surface area contributed by atoms with Crippen molar-refractivity contribution in [1.82, 2.24) is 0 Å². The van der Waals surface area contributed by atoms with Gasteiger partial charge in [0.25, 0.3) is 0 Å². The average molecular weight is 319 g/mol. The van der Waals surface area contributed by atoms with Crippen LogP contribution in [-0.2, 0) is 18.4 Å². The van der Waals surface area contributed by atoms with Crippen molar-refractivity contribution < 1.29 is 18.4 Å². The Bertz CT molecular complexity index is 298. The van der Waals surface area contributed by atoms with Crippen molar-refractivity contribution in [3.8, 4) is 0 Å². The third kappa shape index (κ3) is 12.6. The fourth-order valence-corrected chi connectivity index (χ4v) is 10.0. The number of ether oxygens (including phenoxy) is 2. The summed E-state index contributed by atoms with van der Waals surface area (Å²) in [5, 5.41) is 0. The van der Waals surface area contributed by atoms with Crippen LogP contribution in [0.1, 0.15) is 12.8 Å². The van der Waals surface area contributed by atoms with Crippen molar-refractivity contribution in [2.45, 2.75) is 51.6 Å². The number of rotatable bonds is 11. The molecule has 0 atom stereocenters. The van der Waals surface area contributed by atoms with Crippen molar-refractivity contribution in [2.75, 3.05) is 19.8 Å². The summed E-state index contributed by atoms with van der Waals surface area (Å²) in [5.74, 6) is -0.374. The topological polar surface area (TPSA) is 44.8 Å². The summed E-state index contributed by atoms with van der Waals surface area (Å²) in [5.41, 5.74) is 0. The Morgan fingerprint density at radius 1 is 1.05 bits per heavy atom. The van der Waals surface area contributed by atoms with Crippen LogP contribution >= 0.6 is 0 Å². The minimum atomic E-state index is -1.53. The highest BCUT2D eigenvalue weighted by molar-refractivity contribution is 6.84. The van der Waals surface area contributed by atoms with E-state index in [1.165, 1.54) is 6.08 Å². The molecule has 20 heavy (non-hydrogen) atoms. The lowest BCUT2D eigenvalue weighted by Crippen LogP contribution is -2.42. The van der Waals surface area contributed by atoms with E-state index >= 15 is 0 Å². The number of hydrogen-bond donors (Lipinski definition) is 0. The smallest absolute Gasteiger partial charge is 0.330 e. The van der Waals surface area contributed by atoms with Gasteiger partial charge in [0, 0.05) is 25.7 Å². The van der Waals surface area contributed by atoms with Crippen molar-refractivity contribution in [2.24, 2.45) is 0 Å². The largest absolute Gasteiger partial charge is 0.462 e. The lowest BCUT2D eigenvalue weighted by molar-refractivity contribution is -0.138. The van der Waals surface area contributed by atoms with Crippen LogP contribution in [0.5, 0.6) is 0 Å². The molecule has 118 valence electrons. The van der Waals surface area contributed by atoms with Crippen LogP contribution in [0.15, 0.2) is 12.7 Å². The molecule has 0 unspecified atom stereocenters. The molecule has 0 aliphatic rings. The molecule has 0 aromatic heterocycles. The van der Waals surface area contributed by atoms with Gasteiger partial charge < -0.3 is 13.6 Å². The Morgan fingerprint density at radius 3 is 2.20 bits per heavy atom. The first-order chi connectivity index (χ1) is 9.16. The van der Waals surface area contributed by atoms with E-state index in [0.717, 1.165) is 25.5 Å². The molecule has 4 nitrogen and oxygen atoms in total. The molecule has 0 aromatic carbocycles. The predicted octanol–water partition coefficient (Wildman–Crippen LogP) is 3.57. The summed E-state index contributed by atoms with van der Waals surface area (Å²) in [6.07, 6.45) is 2.94. The fourth-order valence-electron chi connectivity index (χ4n) is 1.97. The quantitative estimate of drug-likeness (QED) is 0.253. The number of carbonyl (C=O) groups is 1. The van der Waals surface area contributed by atoms with Gasteiger partial charge in [-0.3, -0.25) is 0 Å². The van der Waals surface area contributed by atoms with Crippen molar-refractivity contribution in [1.29, 1.82) is 0 Å². The number of hydrogen-bond acceptors (Lipinski definition) is 4. The molecule has 0 amide bonds. The summed E-state index contributed by atoms with van der Waals surface area (Å²) >= 11 is 0.